The van der Waals surface area contributed by atoms with Crippen molar-refractivity contribution >= 4 is 0 Å². The zero-order chi connectivity index (χ0) is 12.3. The summed E-state index contributed by atoms with van der Waals surface area (Å²) in [6.07, 6.45) is 0. The van der Waals surface area contributed by atoms with E-state index in [9.17, 15) is 22.0 Å². The Morgan fingerprint density at radius 3 is 1.75 bits per heavy atom. The van der Waals surface area contributed by atoms with E-state index in [2.05, 4.69) is 11.2 Å². The first-order chi connectivity index (χ1) is 7.50. The van der Waals surface area contributed by atoms with Crippen LogP contribution in [-0.2, 0) is 0 Å². The van der Waals surface area contributed by atoms with Crippen LogP contribution in [0.3, 0.4) is 0 Å². The molecule has 0 aliphatic heterocycles. The van der Waals surface area contributed by atoms with Crippen LogP contribution in [-0.4, -0.2) is 13.6 Å². The molecule has 0 unspecified atom stereocenters. The third kappa shape index (κ3) is 2.14. The van der Waals surface area contributed by atoms with Gasteiger partial charge in [0, 0.05) is 0 Å². The van der Waals surface area contributed by atoms with Crippen LogP contribution in [0.4, 0.5) is 22.0 Å². The van der Waals surface area contributed by atoms with Gasteiger partial charge in [0.25, 0.3) is 0 Å². The zero-order valence-electron chi connectivity index (χ0n) is 8.10. The van der Waals surface area contributed by atoms with Crippen molar-refractivity contribution < 1.29 is 22.0 Å². The Labute approximate surface area is 88.3 Å². The highest BCUT2D eigenvalue weighted by molar-refractivity contribution is 5.38. The predicted molar refractivity (Wildman–Crippen MR) is 47.0 cm³/mol. The van der Waals surface area contributed by atoms with E-state index < -0.39 is 34.6 Å². The van der Waals surface area contributed by atoms with E-state index in [1.807, 2.05) is 5.92 Å². The van der Waals surface area contributed by atoms with Gasteiger partial charge in [0.15, 0.2) is 23.3 Å². The highest BCUT2D eigenvalue weighted by atomic mass is 19.2. The fourth-order valence-electron chi connectivity index (χ4n) is 0.936. The Balaban J connectivity index is 3.36. The van der Waals surface area contributed by atoms with Crippen molar-refractivity contribution in [3.8, 4) is 11.8 Å². The van der Waals surface area contributed by atoms with Crippen LogP contribution in [0.2, 0.25) is 0 Å². The number of halogens is 5. The van der Waals surface area contributed by atoms with Gasteiger partial charge in [0.1, 0.15) is 5.56 Å². The minimum atomic E-state index is -2.19. The van der Waals surface area contributed by atoms with Crippen molar-refractivity contribution in [2.75, 3.05) is 13.6 Å². The van der Waals surface area contributed by atoms with Crippen LogP contribution in [0.5, 0.6) is 0 Å². The van der Waals surface area contributed by atoms with Gasteiger partial charge in [-0.25, -0.2) is 22.0 Å². The lowest BCUT2D eigenvalue weighted by Crippen LogP contribution is -2.07. The topological polar surface area (TPSA) is 12.0 Å². The minimum Gasteiger partial charge on any atom is -0.309 e. The predicted octanol–water partition coefficient (Wildman–Crippen LogP) is 1.95. The molecule has 1 N–H and O–H groups in total. The molecule has 1 nitrogen and oxygen atoms in total. The Bertz CT molecular complexity index is 443. The first kappa shape index (κ1) is 12.5. The number of hydrogen-bond acceptors (Lipinski definition) is 1. The fraction of sp³-hybridized carbons (Fsp3) is 0.200. The highest BCUT2D eigenvalue weighted by Gasteiger charge is 2.24. The number of rotatable bonds is 1. The fourth-order valence-corrected chi connectivity index (χ4v) is 0.936. The Morgan fingerprint density at radius 1 is 0.875 bits per heavy atom. The van der Waals surface area contributed by atoms with Crippen LogP contribution in [0.25, 0.3) is 0 Å². The molecule has 0 saturated heterocycles. The van der Waals surface area contributed by atoms with Gasteiger partial charge < -0.3 is 5.32 Å². The summed E-state index contributed by atoms with van der Waals surface area (Å²) < 4.78 is 63.9. The van der Waals surface area contributed by atoms with E-state index in [1.165, 1.54) is 7.05 Å². The second-order valence-corrected chi connectivity index (χ2v) is 2.78. The molecule has 0 aromatic heterocycles. The average Bonchev–Trinajstić information content (AvgIpc) is 2.28. The van der Waals surface area contributed by atoms with Gasteiger partial charge in [0.2, 0.25) is 5.82 Å². The van der Waals surface area contributed by atoms with Crippen molar-refractivity contribution in [2.45, 2.75) is 0 Å². The summed E-state index contributed by atoms with van der Waals surface area (Å²) in [5.74, 6) is -5.91. The number of benzene rings is 1. The molecule has 6 heteroatoms. The molecule has 0 spiro atoms. The molecule has 86 valence electrons. The maximum absolute atomic E-state index is 13.0. The Hall–Kier alpha value is -1.61. The summed E-state index contributed by atoms with van der Waals surface area (Å²) >= 11 is 0. The molecule has 0 heterocycles. The Morgan fingerprint density at radius 2 is 1.31 bits per heavy atom. The van der Waals surface area contributed by atoms with Gasteiger partial charge in [-0.3, -0.25) is 0 Å². The maximum atomic E-state index is 13.0. The van der Waals surface area contributed by atoms with Crippen molar-refractivity contribution in [1.82, 2.24) is 5.32 Å². The van der Waals surface area contributed by atoms with E-state index >= 15 is 0 Å². The van der Waals surface area contributed by atoms with Gasteiger partial charge >= 0.3 is 0 Å². The van der Waals surface area contributed by atoms with Crippen LogP contribution in [0.15, 0.2) is 0 Å². The van der Waals surface area contributed by atoms with Crippen LogP contribution in [0.1, 0.15) is 5.56 Å². The molecule has 0 aliphatic rings. The molecular weight excluding hydrogens is 229 g/mol. The smallest absolute Gasteiger partial charge is 0.200 e. The normalized spacial score (nSPS) is 9.88. The molecule has 0 radical (unpaired) electrons. The molecule has 0 fully saturated rings. The van der Waals surface area contributed by atoms with E-state index in [0.29, 0.717) is 0 Å². The summed E-state index contributed by atoms with van der Waals surface area (Å²) in [7, 11) is 1.52. The van der Waals surface area contributed by atoms with Gasteiger partial charge in [-0.2, -0.15) is 0 Å². The average molecular weight is 235 g/mol. The quantitative estimate of drug-likeness (QED) is 0.339. The SMILES string of the molecule is CNCC#Cc1c(F)c(F)c(F)c(F)c1F. The van der Waals surface area contributed by atoms with E-state index in [4.69, 9.17) is 0 Å². The van der Waals surface area contributed by atoms with Gasteiger partial charge in [-0.1, -0.05) is 11.8 Å². The lowest BCUT2D eigenvalue weighted by Gasteiger charge is -2.02. The third-order valence-corrected chi connectivity index (χ3v) is 1.69. The molecule has 1 aromatic carbocycles. The lowest BCUT2D eigenvalue weighted by molar-refractivity contribution is 0.376. The van der Waals surface area contributed by atoms with Crippen LogP contribution in [0, 0.1) is 40.9 Å². The van der Waals surface area contributed by atoms with Crippen molar-refractivity contribution in [3.63, 3.8) is 0 Å². The summed E-state index contributed by atoms with van der Waals surface area (Å²) in [4.78, 5) is 0. The first-order valence-electron chi connectivity index (χ1n) is 4.15. The molecule has 0 atom stereocenters. The third-order valence-electron chi connectivity index (χ3n) is 1.69. The zero-order valence-corrected chi connectivity index (χ0v) is 8.10. The molecule has 16 heavy (non-hydrogen) atoms. The van der Waals surface area contributed by atoms with Gasteiger partial charge in [0.05, 0.1) is 6.54 Å². The molecule has 0 saturated carbocycles. The highest BCUT2D eigenvalue weighted by Crippen LogP contribution is 2.21. The molecule has 1 aromatic rings. The van der Waals surface area contributed by atoms with Crippen molar-refractivity contribution in [2.24, 2.45) is 0 Å². The van der Waals surface area contributed by atoms with Gasteiger partial charge in [-0.15, -0.1) is 0 Å². The van der Waals surface area contributed by atoms with Crippen LogP contribution < -0.4 is 5.32 Å². The van der Waals surface area contributed by atoms with Crippen molar-refractivity contribution in [1.29, 1.82) is 0 Å². The van der Waals surface area contributed by atoms with Gasteiger partial charge in [-0.05, 0) is 7.05 Å². The van der Waals surface area contributed by atoms with E-state index in [1.54, 1.807) is 0 Å². The molecular formula is C10H6F5N. The summed E-state index contributed by atoms with van der Waals surface area (Å²) in [5, 5.41) is 2.54. The summed E-state index contributed by atoms with van der Waals surface area (Å²) in [6, 6.07) is 0. The summed E-state index contributed by atoms with van der Waals surface area (Å²) in [5.41, 5.74) is -1.12. The Kier molecular flexibility index (Phi) is 3.85. The minimum absolute atomic E-state index is 0.0689. The maximum Gasteiger partial charge on any atom is 0.200 e. The molecule has 0 aliphatic carbocycles. The number of nitrogens with one attached hydrogen (secondary N) is 1. The standard InChI is InChI=1S/C10H6F5N/c1-16-4-2-3-5-6(11)8(13)10(15)9(14)7(5)12/h16H,4H2,1H3. The second kappa shape index (κ2) is 4.94. The van der Waals surface area contributed by atoms with E-state index in [-0.39, 0.29) is 6.54 Å². The first-order valence-corrected chi connectivity index (χ1v) is 4.15. The largest absolute Gasteiger partial charge is 0.309 e. The van der Waals surface area contributed by atoms with Crippen LogP contribution >= 0.6 is 0 Å². The lowest BCUT2D eigenvalue weighted by atomic mass is 10.1. The van der Waals surface area contributed by atoms with E-state index in [0.717, 1.165) is 0 Å². The van der Waals surface area contributed by atoms with Crippen molar-refractivity contribution in [3.05, 3.63) is 34.6 Å². The summed E-state index contributed by atoms with van der Waals surface area (Å²) in [6.45, 7) is 0.0689. The molecule has 0 amide bonds. The molecule has 0 bridgehead atoms. The second-order valence-electron chi connectivity index (χ2n) is 2.78. The molecule has 1 rings (SSSR count). The monoisotopic (exact) mass is 235 g/mol. The number of hydrogen-bond donors (Lipinski definition) is 1.